The Morgan fingerprint density at radius 2 is 1.96 bits per heavy atom. The zero-order chi connectivity index (χ0) is 20.3. The normalized spacial score (nSPS) is 17.0. The van der Waals surface area contributed by atoms with Crippen molar-refractivity contribution in [2.24, 2.45) is 0 Å². The molecule has 0 radical (unpaired) electrons. The first-order valence-electron chi connectivity index (χ1n) is 9.80. The second-order valence-corrected chi connectivity index (χ2v) is 9.09. The first kappa shape index (κ1) is 20.6. The van der Waals surface area contributed by atoms with Crippen LogP contribution < -0.4 is 5.32 Å². The van der Waals surface area contributed by atoms with E-state index in [2.05, 4.69) is 12.2 Å². The van der Waals surface area contributed by atoms with Crippen LogP contribution in [0, 0.1) is 13.8 Å². The fourth-order valence-corrected chi connectivity index (χ4v) is 5.30. The summed E-state index contributed by atoms with van der Waals surface area (Å²) < 4.78 is 34.2. The van der Waals surface area contributed by atoms with Gasteiger partial charge in [-0.3, -0.25) is 4.79 Å². The summed E-state index contributed by atoms with van der Waals surface area (Å²) in [7, 11) is -3.77. The lowest BCUT2D eigenvalue weighted by Crippen LogP contribution is -2.29. The number of unbranched alkanes of at least 4 members (excludes halogenated alkanes) is 1. The van der Waals surface area contributed by atoms with Crippen LogP contribution >= 0.6 is 0 Å². The predicted molar refractivity (Wildman–Crippen MR) is 108 cm³/mol. The summed E-state index contributed by atoms with van der Waals surface area (Å²) in [5.74, 6) is 0.0741. The van der Waals surface area contributed by atoms with E-state index in [1.54, 1.807) is 37.3 Å². The number of benzene rings is 1. The van der Waals surface area contributed by atoms with Gasteiger partial charge < -0.3 is 14.6 Å². The molecule has 0 aliphatic carbocycles. The van der Waals surface area contributed by atoms with Crippen molar-refractivity contribution in [2.75, 3.05) is 11.9 Å². The van der Waals surface area contributed by atoms with Gasteiger partial charge in [0.15, 0.2) is 0 Å². The van der Waals surface area contributed by atoms with Gasteiger partial charge in [-0.15, -0.1) is 0 Å². The van der Waals surface area contributed by atoms with Gasteiger partial charge >= 0.3 is 0 Å². The van der Waals surface area contributed by atoms with Crippen molar-refractivity contribution in [3.63, 3.8) is 0 Å². The molecule has 7 heteroatoms. The third-order valence-corrected chi connectivity index (χ3v) is 7.22. The maximum Gasteiger partial charge on any atom is 0.254 e. The zero-order valence-corrected chi connectivity index (χ0v) is 17.5. The molecule has 0 saturated carbocycles. The summed E-state index contributed by atoms with van der Waals surface area (Å²) in [6.07, 6.45) is 2.82. The number of nitrogens with one attached hydrogen (secondary N) is 1. The highest BCUT2D eigenvalue weighted by Crippen LogP contribution is 2.36. The maximum atomic E-state index is 13.4. The van der Waals surface area contributed by atoms with Crippen LogP contribution in [0.4, 0.5) is 5.82 Å². The molecule has 1 unspecified atom stereocenters. The molecule has 1 atom stereocenters. The van der Waals surface area contributed by atoms with Crippen LogP contribution in [0.2, 0.25) is 0 Å². The molecule has 28 heavy (non-hydrogen) atoms. The zero-order valence-electron chi connectivity index (χ0n) is 16.7. The average Bonchev–Trinajstić information content (AvgIpc) is 3.30. The molecular formula is C21H28N2O4S. The summed E-state index contributed by atoms with van der Waals surface area (Å²) in [6.45, 7) is 6.99. The Hall–Kier alpha value is -2.12. The molecule has 1 fully saturated rings. The molecule has 1 aliphatic heterocycles. The first-order chi connectivity index (χ1) is 13.4. The highest BCUT2D eigenvalue weighted by molar-refractivity contribution is 7.91. The average molecular weight is 405 g/mol. The van der Waals surface area contributed by atoms with Crippen LogP contribution in [-0.4, -0.2) is 31.6 Å². The fourth-order valence-electron chi connectivity index (χ4n) is 3.58. The van der Waals surface area contributed by atoms with Gasteiger partial charge in [0, 0.05) is 18.8 Å². The lowest BCUT2D eigenvalue weighted by atomic mass is 10.2. The Labute approximate surface area is 166 Å². The largest absolute Gasteiger partial charge is 0.368 e. The van der Waals surface area contributed by atoms with Gasteiger partial charge in [0.05, 0.1) is 4.90 Å². The topological polar surface area (TPSA) is 77.4 Å². The highest BCUT2D eigenvalue weighted by Gasteiger charge is 2.32. The van der Waals surface area contributed by atoms with Gasteiger partial charge in [-0.2, -0.15) is 0 Å². The molecule has 1 N–H and O–H groups in total. The van der Waals surface area contributed by atoms with Crippen LogP contribution in [0.25, 0.3) is 0 Å². The Morgan fingerprint density at radius 1 is 1.25 bits per heavy atom. The molecule has 1 saturated heterocycles. The van der Waals surface area contributed by atoms with Crippen LogP contribution in [0.3, 0.4) is 0 Å². The van der Waals surface area contributed by atoms with Gasteiger partial charge in [0.2, 0.25) is 9.84 Å². The number of carbonyl (C=O) groups is 1. The van der Waals surface area contributed by atoms with Crippen molar-refractivity contribution in [3.05, 3.63) is 41.6 Å². The minimum Gasteiger partial charge on any atom is -0.368 e. The summed E-state index contributed by atoms with van der Waals surface area (Å²) >= 11 is 0. The van der Waals surface area contributed by atoms with Crippen LogP contribution in [0.1, 0.15) is 43.9 Å². The number of aromatic nitrogens is 1. The van der Waals surface area contributed by atoms with E-state index >= 15 is 0 Å². The lowest BCUT2D eigenvalue weighted by Gasteiger charge is -2.16. The van der Waals surface area contributed by atoms with Gasteiger partial charge in [-0.25, -0.2) is 8.42 Å². The minimum absolute atomic E-state index is 0.179. The minimum atomic E-state index is -3.77. The van der Waals surface area contributed by atoms with Gasteiger partial charge in [-0.05, 0) is 50.8 Å². The number of amides is 1. The van der Waals surface area contributed by atoms with E-state index in [1.165, 1.54) is 0 Å². The molecule has 6 nitrogen and oxygen atoms in total. The van der Waals surface area contributed by atoms with Gasteiger partial charge in [-0.1, -0.05) is 31.5 Å². The van der Waals surface area contributed by atoms with E-state index in [9.17, 15) is 13.2 Å². The van der Waals surface area contributed by atoms with E-state index in [0.717, 1.165) is 25.0 Å². The van der Waals surface area contributed by atoms with Crippen molar-refractivity contribution in [1.29, 1.82) is 0 Å². The van der Waals surface area contributed by atoms with Crippen LogP contribution in [0.5, 0.6) is 0 Å². The Morgan fingerprint density at radius 3 is 2.57 bits per heavy atom. The molecule has 152 valence electrons. The van der Waals surface area contributed by atoms with E-state index in [0.29, 0.717) is 31.0 Å². The molecule has 1 aromatic carbocycles. The summed E-state index contributed by atoms with van der Waals surface area (Å²) in [4.78, 5) is 13.1. The summed E-state index contributed by atoms with van der Waals surface area (Å²) in [5.41, 5.74) is 1.52. The number of rotatable bonds is 7. The fraction of sp³-hybridized carbons (Fsp3) is 0.476. The van der Waals surface area contributed by atoms with Crippen molar-refractivity contribution in [1.82, 2.24) is 4.57 Å². The number of hydrogen-bond acceptors (Lipinski definition) is 4. The Balaban J connectivity index is 2.11. The van der Waals surface area contributed by atoms with Crippen LogP contribution in [-0.2, 0) is 25.9 Å². The molecule has 1 aliphatic rings. The summed E-state index contributed by atoms with van der Waals surface area (Å²) in [6, 6.07) is 8.35. The van der Waals surface area contributed by atoms with Gasteiger partial charge in [0.1, 0.15) is 16.8 Å². The second kappa shape index (κ2) is 8.49. The summed E-state index contributed by atoms with van der Waals surface area (Å²) in [5, 5.41) is 2.89. The smallest absolute Gasteiger partial charge is 0.254 e. The maximum absolute atomic E-state index is 13.4. The highest BCUT2D eigenvalue weighted by atomic mass is 32.2. The van der Waals surface area contributed by atoms with Crippen LogP contribution in [0.15, 0.2) is 40.1 Å². The molecule has 1 aromatic heterocycles. The molecule has 2 heterocycles. The number of anilines is 1. The predicted octanol–water partition coefficient (Wildman–Crippen LogP) is 3.86. The molecule has 0 spiro atoms. The van der Waals surface area contributed by atoms with Gasteiger partial charge in [0.25, 0.3) is 5.91 Å². The molecule has 3 rings (SSSR count). The van der Waals surface area contributed by atoms with Crippen molar-refractivity contribution >= 4 is 21.6 Å². The third kappa shape index (κ3) is 3.86. The molecule has 2 aromatic rings. The van der Waals surface area contributed by atoms with Crippen molar-refractivity contribution < 1.29 is 17.9 Å². The molecular weight excluding hydrogens is 376 g/mol. The lowest BCUT2D eigenvalue weighted by molar-refractivity contribution is -0.124. The number of carbonyl (C=O) groups excluding carboxylic acids is 1. The van der Waals surface area contributed by atoms with E-state index in [-0.39, 0.29) is 15.7 Å². The monoisotopic (exact) mass is 404 g/mol. The number of ether oxygens (including phenoxy) is 1. The Kier molecular flexibility index (Phi) is 6.25. The number of sulfone groups is 1. The van der Waals surface area contributed by atoms with E-state index in [1.807, 2.05) is 11.5 Å². The van der Waals surface area contributed by atoms with Crippen molar-refractivity contribution in [3.8, 4) is 0 Å². The number of nitrogens with zero attached hydrogens (tertiary/aromatic N) is 1. The van der Waals surface area contributed by atoms with Crippen molar-refractivity contribution in [2.45, 2.75) is 68.9 Å². The third-order valence-electron chi connectivity index (χ3n) is 5.29. The van der Waals surface area contributed by atoms with E-state index in [4.69, 9.17) is 4.74 Å². The first-order valence-corrected chi connectivity index (χ1v) is 11.3. The second-order valence-electron chi connectivity index (χ2n) is 7.20. The van der Waals surface area contributed by atoms with E-state index < -0.39 is 15.9 Å². The standard InChI is InChI=1S/C21H28N2O4S/c1-4-5-13-23-16(3)15(2)19(28(25,26)17-10-7-6-8-11-17)20(23)22-21(24)18-12-9-14-27-18/h6-8,10-11,18H,4-5,9,12-14H2,1-3H3,(H,22,24). The SMILES string of the molecule is CCCCn1c(C)c(C)c(S(=O)(=O)c2ccccc2)c1NC(=O)C1CCCO1. The Bertz CT molecular complexity index is 943. The quantitative estimate of drug-likeness (QED) is 0.760. The number of hydrogen-bond donors (Lipinski definition) is 1. The molecule has 1 amide bonds. The molecule has 0 bridgehead atoms.